The van der Waals surface area contributed by atoms with Crippen LogP contribution in [-0.4, -0.2) is 13.7 Å². The van der Waals surface area contributed by atoms with Crippen LogP contribution in [-0.2, 0) is 0 Å². The molecule has 1 heterocycles. The SMILES string of the molecule is N=[Se]1C=CC=C1. The van der Waals surface area contributed by atoms with Crippen LogP contribution in [0.4, 0.5) is 0 Å². The quantitative estimate of drug-likeness (QED) is 0.493. The molecule has 1 nitrogen and oxygen atoms in total. The number of nitrogens with one attached hydrogen (secondary N) is 1. The fraction of sp³-hybridized carbons (Fsp3) is 0. The van der Waals surface area contributed by atoms with Crippen molar-refractivity contribution in [3.05, 3.63) is 22.1 Å². The summed E-state index contributed by atoms with van der Waals surface area (Å²) in [5.41, 5.74) is 0. The van der Waals surface area contributed by atoms with Gasteiger partial charge in [0.1, 0.15) is 0 Å². The van der Waals surface area contributed by atoms with Crippen molar-refractivity contribution in [3.8, 4) is 0 Å². The van der Waals surface area contributed by atoms with Gasteiger partial charge in [-0.05, 0) is 0 Å². The first kappa shape index (κ1) is 3.97. The van der Waals surface area contributed by atoms with Gasteiger partial charge >= 0.3 is 40.2 Å². The molecule has 0 saturated heterocycles. The number of hydrogen-bond donors (Lipinski definition) is 1. The molecular formula is C4H5NSe. The van der Waals surface area contributed by atoms with Crippen LogP contribution in [0.1, 0.15) is 0 Å². The summed E-state index contributed by atoms with van der Waals surface area (Å²) in [6.45, 7) is 0. The summed E-state index contributed by atoms with van der Waals surface area (Å²) in [7, 11) is 0. The summed E-state index contributed by atoms with van der Waals surface area (Å²) in [4.78, 5) is 3.92. The molecule has 1 N–H and O–H groups in total. The van der Waals surface area contributed by atoms with Crippen LogP contribution >= 0.6 is 0 Å². The summed E-state index contributed by atoms with van der Waals surface area (Å²) in [5.74, 6) is 0. The Morgan fingerprint density at radius 2 is 1.67 bits per heavy atom. The summed E-state index contributed by atoms with van der Waals surface area (Å²) >= 11 is -1.05. The maximum absolute atomic E-state index is 7.08. The van der Waals surface area contributed by atoms with Crippen molar-refractivity contribution in [1.29, 1.82) is 4.38 Å². The molecule has 0 bridgehead atoms. The second-order valence-electron chi connectivity index (χ2n) is 1.03. The van der Waals surface area contributed by atoms with Crippen molar-refractivity contribution in [1.82, 2.24) is 0 Å². The van der Waals surface area contributed by atoms with Crippen molar-refractivity contribution in [2.24, 2.45) is 0 Å². The van der Waals surface area contributed by atoms with Crippen LogP contribution in [0, 0.1) is 4.38 Å². The molecule has 0 saturated carbocycles. The van der Waals surface area contributed by atoms with Crippen LogP contribution in [0.2, 0.25) is 0 Å². The third kappa shape index (κ3) is 0.644. The van der Waals surface area contributed by atoms with Gasteiger partial charge in [0.05, 0.1) is 0 Å². The second kappa shape index (κ2) is 1.50. The molecule has 1 aliphatic heterocycles. The van der Waals surface area contributed by atoms with Gasteiger partial charge < -0.3 is 0 Å². The van der Waals surface area contributed by atoms with E-state index in [0.717, 1.165) is 0 Å². The Labute approximate surface area is 40.8 Å². The molecule has 2 heteroatoms. The zero-order valence-electron chi connectivity index (χ0n) is 3.22. The Morgan fingerprint density at radius 1 is 1.17 bits per heavy atom. The van der Waals surface area contributed by atoms with E-state index in [1.165, 1.54) is 0 Å². The third-order valence-electron chi connectivity index (χ3n) is 0.561. The Hall–Kier alpha value is -0.201. The van der Waals surface area contributed by atoms with E-state index < -0.39 is 13.7 Å². The van der Waals surface area contributed by atoms with E-state index in [-0.39, 0.29) is 0 Å². The first-order valence-corrected chi connectivity index (χ1v) is 4.51. The van der Waals surface area contributed by atoms with Gasteiger partial charge in [0.2, 0.25) is 0 Å². The van der Waals surface area contributed by atoms with Gasteiger partial charge in [-0.2, -0.15) is 0 Å². The van der Waals surface area contributed by atoms with Crippen LogP contribution in [0.3, 0.4) is 0 Å². The molecule has 0 aromatic heterocycles. The molecule has 0 atom stereocenters. The normalized spacial score (nSPS) is 20.0. The molecule has 0 radical (unpaired) electrons. The zero-order chi connectivity index (χ0) is 4.41. The van der Waals surface area contributed by atoms with Crippen molar-refractivity contribution in [2.45, 2.75) is 0 Å². The minimum absolute atomic E-state index is 1.05. The topological polar surface area (TPSA) is 23.9 Å². The first-order valence-electron chi connectivity index (χ1n) is 1.68. The van der Waals surface area contributed by atoms with Gasteiger partial charge in [-0.1, -0.05) is 0 Å². The Morgan fingerprint density at radius 3 is 1.83 bits per heavy atom. The number of rotatable bonds is 0. The molecule has 0 fully saturated rings. The molecule has 1 aliphatic rings. The van der Waals surface area contributed by atoms with Crippen LogP contribution < -0.4 is 0 Å². The molecule has 32 valence electrons. The fourth-order valence-electron chi connectivity index (χ4n) is 0.305. The van der Waals surface area contributed by atoms with Gasteiger partial charge in [-0.15, -0.1) is 0 Å². The van der Waals surface area contributed by atoms with E-state index in [9.17, 15) is 0 Å². The van der Waals surface area contributed by atoms with Crippen LogP contribution in [0.15, 0.2) is 22.1 Å². The first-order chi connectivity index (χ1) is 2.89. The maximum atomic E-state index is 7.08. The Kier molecular flexibility index (Phi) is 0.992. The predicted octanol–water partition coefficient (Wildman–Crippen LogP) is 1.03. The average Bonchev–Trinajstić information content (AvgIpc) is 1.86. The van der Waals surface area contributed by atoms with Gasteiger partial charge in [0, 0.05) is 0 Å². The third-order valence-corrected chi connectivity index (χ3v) is 2.45. The molecule has 0 amide bonds. The molecule has 0 spiro atoms. The van der Waals surface area contributed by atoms with Crippen LogP contribution in [0.25, 0.3) is 0 Å². The molecule has 0 aliphatic carbocycles. The van der Waals surface area contributed by atoms with Gasteiger partial charge in [-0.25, -0.2) is 0 Å². The molecule has 0 aromatic carbocycles. The molecular weight excluding hydrogens is 141 g/mol. The molecule has 0 aromatic rings. The van der Waals surface area contributed by atoms with Crippen molar-refractivity contribution < 1.29 is 0 Å². The molecule has 0 unspecified atom stereocenters. The summed E-state index contributed by atoms with van der Waals surface area (Å²) in [6.07, 6.45) is 3.88. The van der Waals surface area contributed by atoms with E-state index in [1.807, 2.05) is 22.1 Å². The summed E-state index contributed by atoms with van der Waals surface area (Å²) in [6, 6.07) is 0. The van der Waals surface area contributed by atoms with Gasteiger partial charge in [0.25, 0.3) is 0 Å². The van der Waals surface area contributed by atoms with Gasteiger partial charge in [-0.3, -0.25) is 0 Å². The van der Waals surface area contributed by atoms with E-state index in [4.69, 9.17) is 4.38 Å². The Bertz CT molecular complexity index is 110. The van der Waals surface area contributed by atoms with E-state index in [0.29, 0.717) is 0 Å². The van der Waals surface area contributed by atoms with E-state index >= 15 is 0 Å². The predicted molar refractivity (Wildman–Crippen MR) is 26.8 cm³/mol. The average molecular weight is 146 g/mol. The number of hydrogen-bond acceptors (Lipinski definition) is 1. The second-order valence-corrected chi connectivity index (χ2v) is 3.73. The van der Waals surface area contributed by atoms with E-state index in [1.54, 1.807) is 0 Å². The van der Waals surface area contributed by atoms with Crippen molar-refractivity contribution in [3.63, 3.8) is 0 Å². The number of allylic oxidation sites excluding steroid dienone is 2. The standard InChI is InChI=1S/C4H5NSe/c5-6-3-1-2-4-6/h1-5H. The van der Waals surface area contributed by atoms with E-state index in [2.05, 4.69) is 0 Å². The Balaban J connectivity index is 2.86. The van der Waals surface area contributed by atoms with Crippen molar-refractivity contribution in [2.75, 3.05) is 0 Å². The van der Waals surface area contributed by atoms with Gasteiger partial charge in [0.15, 0.2) is 0 Å². The monoisotopic (exact) mass is 147 g/mol. The fourth-order valence-corrected chi connectivity index (χ4v) is 1.59. The molecule has 6 heavy (non-hydrogen) atoms. The van der Waals surface area contributed by atoms with Crippen LogP contribution in [0.5, 0.6) is 0 Å². The molecule has 1 rings (SSSR count). The minimum atomic E-state index is -1.05. The summed E-state index contributed by atoms with van der Waals surface area (Å²) in [5, 5.41) is 0. The van der Waals surface area contributed by atoms with Crippen molar-refractivity contribution >= 4 is 13.7 Å². The summed E-state index contributed by atoms with van der Waals surface area (Å²) < 4.78 is 7.08. The zero-order valence-corrected chi connectivity index (χ0v) is 4.93.